The fraction of sp³-hybridized carbons (Fsp3) is 0.0992. The molecule has 0 saturated carbocycles. The van der Waals surface area contributed by atoms with Crippen molar-refractivity contribution in [1.29, 1.82) is 0 Å². The first-order chi connectivity index (χ1) is 64.0. The van der Waals surface area contributed by atoms with Crippen LogP contribution in [0.15, 0.2) is 429 Å². The second-order valence-electron chi connectivity index (χ2n) is 35.5. The molecular formula is C121H97BrF3N5O2. The van der Waals surface area contributed by atoms with Crippen LogP contribution in [0.5, 0.6) is 0 Å². The van der Waals surface area contributed by atoms with E-state index in [-0.39, 0.29) is 34.1 Å². The fourth-order valence-electron chi connectivity index (χ4n) is 19.1. The van der Waals surface area contributed by atoms with Crippen LogP contribution in [0.25, 0.3) is 149 Å². The van der Waals surface area contributed by atoms with E-state index in [1.165, 1.54) is 204 Å². The van der Waals surface area contributed by atoms with Crippen LogP contribution in [0.1, 0.15) is 94.3 Å². The lowest BCUT2D eigenvalue weighted by Gasteiger charge is -2.27. The summed E-state index contributed by atoms with van der Waals surface area (Å²) in [4.78, 5) is 9.44. The molecule has 0 amide bonds. The van der Waals surface area contributed by atoms with Crippen molar-refractivity contribution >= 4 is 131 Å². The molecule has 132 heavy (non-hydrogen) atoms. The molecular weight excluding hydrogens is 1690 g/mol. The molecule has 1 aliphatic carbocycles. The van der Waals surface area contributed by atoms with Crippen molar-refractivity contribution in [2.24, 2.45) is 0 Å². The average Bonchev–Trinajstić information content (AvgIpc) is 1.56. The molecule has 0 unspecified atom stereocenters. The normalized spacial score (nSPS) is 11.8. The van der Waals surface area contributed by atoms with Crippen LogP contribution in [0.2, 0.25) is 0 Å². The van der Waals surface area contributed by atoms with Crippen molar-refractivity contribution in [3.8, 4) is 39.6 Å². The Morgan fingerprint density at radius 3 is 0.788 bits per heavy atom. The Bertz CT molecular complexity index is 7720. The Balaban J connectivity index is 0.000000124. The molecule has 0 fully saturated rings. The summed E-state index contributed by atoms with van der Waals surface area (Å²) in [5.74, 6) is -0.537. The van der Waals surface area contributed by atoms with E-state index >= 15 is 0 Å². The number of nitrogens with zero attached hydrogens (tertiary/aromatic N) is 5. The van der Waals surface area contributed by atoms with Crippen molar-refractivity contribution < 1.29 is 23.1 Å². The highest BCUT2D eigenvalue weighted by Gasteiger charge is 2.28. The van der Waals surface area contributed by atoms with Gasteiger partial charge in [-0.15, -0.1) is 0 Å². The largest absolute Gasteiger partial charge is 0.386 e. The quantitative estimate of drug-likeness (QED) is 0.148. The van der Waals surface area contributed by atoms with Gasteiger partial charge < -0.3 is 32.7 Å². The number of carbonyl (C=O) groups excluding carboxylic acids is 1. The van der Waals surface area contributed by atoms with E-state index in [4.69, 9.17) is 0 Å². The number of rotatable bonds is 10. The number of aromatic nitrogens is 5. The lowest BCUT2D eigenvalue weighted by atomic mass is 9.78. The summed E-state index contributed by atoms with van der Waals surface area (Å²) in [6.45, 7) is 15.2. The van der Waals surface area contributed by atoms with Gasteiger partial charge in [-0.05, 0) is 248 Å². The lowest BCUT2D eigenvalue weighted by molar-refractivity contribution is -0.115. The maximum absolute atomic E-state index is 13.2. The second kappa shape index (κ2) is 36.1. The number of hydrogen-bond donors (Lipinski definition) is 1. The van der Waals surface area contributed by atoms with Gasteiger partial charge in [-0.25, -0.2) is 13.2 Å². The highest BCUT2D eigenvalue weighted by Crippen LogP contribution is 2.46. The van der Waals surface area contributed by atoms with Gasteiger partial charge in [0.15, 0.2) is 0 Å². The molecule has 18 aromatic carbocycles. The Kier molecular flexibility index (Phi) is 23.6. The van der Waals surface area contributed by atoms with Gasteiger partial charge >= 0.3 is 0 Å². The maximum Gasteiger partial charge on any atom is 0.126 e. The first kappa shape index (κ1) is 86.3. The van der Waals surface area contributed by atoms with Crippen molar-refractivity contribution in [3.05, 3.63) is 486 Å². The predicted molar refractivity (Wildman–Crippen MR) is 548 cm³/mol. The third kappa shape index (κ3) is 16.7. The first-order valence-corrected chi connectivity index (χ1v) is 45.5. The summed E-state index contributed by atoms with van der Waals surface area (Å²) in [6.07, 6.45) is 0.978. The topological polar surface area (TPSA) is 61.9 Å². The van der Waals surface area contributed by atoms with Crippen LogP contribution < -0.4 is 0 Å². The average molecular weight is 1790 g/mol. The van der Waals surface area contributed by atoms with Gasteiger partial charge in [0.2, 0.25) is 0 Å². The van der Waals surface area contributed by atoms with Crippen LogP contribution in [-0.4, -0.2) is 33.7 Å². The highest BCUT2D eigenvalue weighted by molar-refractivity contribution is 9.10. The predicted octanol–water partition coefficient (Wildman–Crippen LogP) is 32.1. The molecule has 0 spiro atoms. The van der Waals surface area contributed by atoms with Crippen LogP contribution in [0.3, 0.4) is 0 Å². The Labute approximate surface area is 774 Å². The Hall–Kier alpha value is -15.1. The molecule has 23 aromatic rings. The fourth-order valence-corrected chi connectivity index (χ4v) is 19.4. The van der Waals surface area contributed by atoms with Crippen molar-refractivity contribution in [2.45, 2.75) is 78.2 Å². The number of aliphatic hydroxyl groups is 1. The molecule has 0 bridgehead atoms. The van der Waals surface area contributed by atoms with Gasteiger partial charge in [0, 0.05) is 97.6 Å². The molecule has 0 saturated heterocycles. The Morgan fingerprint density at radius 1 is 0.250 bits per heavy atom. The SMILES string of the molecule is CC(C)(O)c1cccc(F)c1.CC(C)(c1ccccc1)c1cccc(-n2c3ccc(-n4c5ccccc5c5ccccc54)cc3c3cc(-n4c5ccccc5c5ccccc54)ccc32)c1.CC(C)(c1ccccc1)c1cccc(F)c1.CC(C)=O.Fc1cccc(Br)c1.c1ccc2c(c1)c1ccccc1n2-c1ccc2c(c1)-c1cc(-n3c4ccccc4c4ccccc43)ccc1C2. The zero-order chi connectivity index (χ0) is 91.1. The number of fused-ring (bicyclic) bond motifs is 18. The molecule has 646 valence electrons. The molecule has 5 heterocycles. The molecule has 0 aliphatic heterocycles. The van der Waals surface area contributed by atoms with E-state index in [1.807, 2.05) is 24.3 Å². The van der Waals surface area contributed by atoms with Crippen LogP contribution in [0, 0.1) is 17.5 Å². The smallest absolute Gasteiger partial charge is 0.126 e. The van der Waals surface area contributed by atoms with Gasteiger partial charge in [-0.1, -0.05) is 304 Å². The van der Waals surface area contributed by atoms with Crippen molar-refractivity contribution in [2.75, 3.05) is 0 Å². The van der Waals surface area contributed by atoms with Crippen LogP contribution in [0.4, 0.5) is 13.2 Å². The monoisotopic (exact) mass is 1790 g/mol. The first-order valence-electron chi connectivity index (χ1n) is 44.7. The number of Topliss-reactive ketones (excluding diaryl/α,β-unsaturated/α-hetero) is 1. The Morgan fingerprint density at radius 2 is 0.492 bits per heavy atom. The van der Waals surface area contributed by atoms with Gasteiger partial charge in [0.25, 0.3) is 0 Å². The summed E-state index contributed by atoms with van der Waals surface area (Å²) < 4.78 is 50.9. The van der Waals surface area contributed by atoms with E-state index in [9.17, 15) is 23.1 Å². The van der Waals surface area contributed by atoms with Gasteiger partial charge in [-0.2, -0.15) is 0 Å². The number of para-hydroxylation sites is 8. The summed E-state index contributed by atoms with van der Waals surface area (Å²) in [5.41, 5.74) is 27.6. The zero-order valence-corrected chi connectivity index (χ0v) is 76.3. The molecule has 7 nitrogen and oxygen atoms in total. The summed E-state index contributed by atoms with van der Waals surface area (Å²) in [7, 11) is 0. The molecule has 1 N–H and O–H groups in total. The minimum absolute atomic E-state index is 0.163. The number of halogens is 4. The minimum Gasteiger partial charge on any atom is -0.386 e. The molecule has 11 heteroatoms. The third-order valence-corrected chi connectivity index (χ3v) is 26.1. The zero-order valence-electron chi connectivity index (χ0n) is 74.7. The number of hydrogen-bond acceptors (Lipinski definition) is 2. The molecule has 1 aliphatic rings. The van der Waals surface area contributed by atoms with E-state index in [2.05, 4.69) is 400 Å². The second-order valence-corrected chi connectivity index (χ2v) is 36.5. The number of benzene rings is 18. The maximum atomic E-state index is 13.2. The third-order valence-electron chi connectivity index (χ3n) is 25.6. The van der Waals surface area contributed by atoms with E-state index in [1.54, 1.807) is 50.2 Å². The number of ketones is 1. The summed E-state index contributed by atoms with van der Waals surface area (Å²) >= 11 is 3.12. The lowest BCUT2D eigenvalue weighted by Crippen LogP contribution is -2.19. The van der Waals surface area contributed by atoms with E-state index in [0.717, 1.165) is 33.5 Å². The van der Waals surface area contributed by atoms with Crippen LogP contribution >= 0.6 is 15.9 Å². The minimum atomic E-state index is -0.956. The van der Waals surface area contributed by atoms with E-state index in [0.29, 0.717) is 5.56 Å². The van der Waals surface area contributed by atoms with Crippen molar-refractivity contribution in [1.82, 2.24) is 22.8 Å². The number of carbonyl (C=O) groups is 1. The molecule has 24 rings (SSSR count). The summed E-state index contributed by atoms with van der Waals surface area (Å²) in [5, 5.41) is 22.1. The van der Waals surface area contributed by atoms with Crippen LogP contribution in [-0.2, 0) is 27.6 Å². The van der Waals surface area contributed by atoms with E-state index < -0.39 is 5.60 Å². The molecule has 0 radical (unpaired) electrons. The van der Waals surface area contributed by atoms with Crippen molar-refractivity contribution in [3.63, 3.8) is 0 Å². The standard InChI is InChI=1S/C51H37N3.C37H24N2.C15H15F.C9H11FO.C6H4BrF.C3H6O/c1-51(2,34-15-4-3-5-16-34)35-17-14-18-36(31-35)52-49-29-27-37(53-45-23-10-6-19-39(45)40-20-7-11-24-46(40)53)32-43(49)44-33-38(28-30-50(44)52)54-47-25-12-8-21-41(47)42-22-9-13-26-48(42)54;1-5-13-34-28(9-1)29-10-2-6-14-35(29)38(34)26-19-17-24-21-25-18-20-27(23-33(25)32(24)22-26)39-36-15-7-3-11-30(36)31-12-4-8-16-37(31)39;1-15(2,12-7-4-3-5-8-12)13-9-6-10-14(16)11-13;1-9(2,11)7-4-3-5-8(10)6-7;7-5-2-1-3-6(8)4-5;1-3(2)4/h3-33H,1-2H3;1-20,22-23H,21H2;3-11H,1-2H3;3-6,11H,1-2H3;1-4H;1-2H3. The molecule has 5 aromatic heterocycles. The highest BCUT2D eigenvalue weighted by atomic mass is 79.9. The van der Waals surface area contributed by atoms with Gasteiger partial charge in [0.05, 0.1) is 60.8 Å². The molecule has 0 atom stereocenters. The van der Waals surface area contributed by atoms with Gasteiger partial charge in [-0.3, -0.25) is 0 Å². The van der Waals surface area contributed by atoms with Gasteiger partial charge in [0.1, 0.15) is 23.2 Å². The summed E-state index contributed by atoms with van der Waals surface area (Å²) in [6, 6.07) is 147.